The molecule has 1 saturated heterocycles. The molecule has 0 aliphatic carbocycles. The van der Waals surface area contributed by atoms with Crippen LogP contribution in [0, 0.1) is 0 Å². The second-order valence-corrected chi connectivity index (χ2v) is 8.85. The summed E-state index contributed by atoms with van der Waals surface area (Å²) in [5.41, 5.74) is 0.402. The number of amides is 1. The zero-order valence-electron chi connectivity index (χ0n) is 15.9. The van der Waals surface area contributed by atoms with E-state index in [2.05, 4.69) is 35.8 Å². The van der Waals surface area contributed by atoms with E-state index in [-0.39, 0.29) is 18.0 Å². The third kappa shape index (κ3) is 3.46. The molecule has 0 spiro atoms. The van der Waals surface area contributed by atoms with E-state index < -0.39 is 0 Å². The van der Waals surface area contributed by atoms with E-state index in [1.165, 1.54) is 10.9 Å². The molecular formula is C20H17BrN6O2S. The van der Waals surface area contributed by atoms with Gasteiger partial charge >= 0.3 is 0 Å². The van der Waals surface area contributed by atoms with Gasteiger partial charge in [-0.15, -0.1) is 11.3 Å². The van der Waals surface area contributed by atoms with Gasteiger partial charge in [0.2, 0.25) is 5.91 Å². The third-order valence-electron chi connectivity index (χ3n) is 5.26. The lowest BCUT2D eigenvalue weighted by Gasteiger charge is -2.35. The fraction of sp³-hybridized carbons (Fsp3) is 0.250. The molecule has 4 heterocycles. The molecule has 0 bridgehead atoms. The summed E-state index contributed by atoms with van der Waals surface area (Å²) < 4.78 is 2.18. The van der Waals surface area contributed by atoms with Crippen LogP contribution >= 0.6 is 27.3 Å². The van der Waals surface area contributed by atoms with Crippen LogP contribution in [0.25, 0.3) is 21.1 Å². The van der Waals surface area contributed by atoms with Crippen LogP contribution in [-0.2, 0) is 11.3 Å². The fourth-order valence-electron chi connectivity index (χ4n) is 3.69. The number of carbonyl (C=O) groups is 1. The predicted octanol–water partition coefficient (Wildman–Crippen LogP) is 2.51. The summed E-state index contributed by atoms with van der Waals surface area (Å²) in [6, 6.07) is 7.39. The number of anilines is 1. The summed E-state index contributed by atoms with van der Waals surface area (Å²) in [7, 11) is 0. The lowest BCUT2D eigenvalue weighted by molar-refractivity contribution is -0.132. The van der Waals surface area contributed by atoms with Gasteiger partial charge in [-0.2, -0.15) is 0 Å². The van der Waals surface area contributed by atoms with Gasteiger partial charge in [0.1, 0.15) is 23.5 Å². The van der Waals surface area contributed by atoms with E-state index >= 15 is 0 Å². The highest BCUT2D eigenvalue weighted by Crippen LogP contribution is 2.27. The Balaban J connectivity index is 1.29. The smallest absolute Gasteiger partial charge is 0.261 e. The molecule has 4 aromatic rings. The number of hydrogen-bond acceptors (Lipinski definition) is 7. The first-order valence-corrected chi connectivity index (χ1v) is 11.1. The Hall–Kier alpha value is -2.85. The first-order chi connectivity index (χ1) is 14.6. The van der Waals surface area contributed by atoms with Gasteiger partial charge in [0.25, 0.3) is 5.56 Å². The van der Waals surface area contributed by atoms with Crippen molar-refractivity contribution in [1.29, 1.82) is 0 Å². The minimum Gasteiger partial charge on any atom is -0.352 e. The molecule has 1 fully saturated rings. The average molecular weight is 485 g/mol. The number of aromatic nitrogens is 4. The molecule has 1 aliphatic rings. The van der Waals surface area contributed by atoms with Crippen molar-refractivity contribution in [1.82, 2.24) is 24.4 Å². The van der Waals surface area contributed by atoms with Gasteiger partial charge in [-0.3, -0.25) is 14.2 Å². The Morgan fingerprint density at radius 2 is 1.90 bits per heavy atom. The number of piperazine rings is 1. The zero-order valence-corrected chi connectivity index (χ0v) is 18.3. The van der Waals surface area contributed by atoms with E-state index in [0.29, 0.717) is 37.1 Å². The SMILES string of the molecule is O=C(Cn1cnc2ccc(Br)cc2c1=O)N1CCN(c2ncnc3sccc23)CC1. The zero-order chi connectivity index (χ0) is 20.7. The van der Waals surface area contributed by atoms with Gasteiger partial charge < -0.3 is 9.80 Å². The van der Waals surface area contributed by atoms with Crippen molar-refractivity contribution in [3.8, 4) is 0 Å². The Morgan fingerprint density at radius 1 is 1.07 bits per heavy atom. The van der Waals surface area contributed by atoms with Gasteiger partial charge in [-0.05, 0) is 29.6 Å². The topological polar surface area (TPSA) is 84.2 Å². The maximum Gasteiger partial charge on any atom is 0.261 e. The van der Waals surface area contributed by atoms with Crippen molar-refractivity contribution in [3.05, 3.63) is 57.1 Å². The standard InChI is InChI=1S/C20H17BrN6O2S/c21-13-1-2-16-15(9-13)20(29)27(12-24-16)10-17(28)25-4-6-26(7-5-25)18-14-3-8-30-19(14)23-11-22-18/h1-3,8-9,11-12H,4-7,10H2. The first kappa shape index (κ1) is 19.1. The van der Waals surface area contributed by atoms with E-state index in [1.807, 2.05) is 17.5 Å². The predicted molar refractivity (Wildman–Crippen MR) is 120 cm³/mol. The summed E-state index contributed by atoms with van der Waals surface area (Å²) in [4.78, 5) is 43.6. The van der Waals surface area contributed by atoms with Crippen LogP contribution in [0.15, 0.2) is 51.6 Å². The Kier molecular flexibility index (Phi) is 4.95. The van der Waals surface area contributed by atoms with Crippen LogP contribution in [0.2, 0.25) is 0 Å². The molecule has 1 aliphatic heterocycles. The van der Waals surface area contributed by atoms with Crippen LogP contribution in [0.5, 0.6) is 0 Å². The Bertz CT molecular complexity index is 1310. The number of benzene rings is 1. The van der Waals surface area contributed by atoms with Crippen molar-refractivity contribution in [3.63, 3.8) is 0 Å². The van der Waals surface area contributed by atoms with Crippen LogP contribution in [0.4, 0.5) is 5.82 Å². The largest absolute Gasteiger partial charge is 0.352 e. The molecule has 1 aromatic carbocycles. The van der Waals surface area contributed by atoms with Crippen LogP contribution in [0.1, 0.15) is 0 Å². The number of hydrogen-bond donors (Lipinski definition) is 0. The molecule has 10 heteroatoms. The molecular weight excluding hydrogens is 468 g/mol. The third-order valence-corrected chi connectivity index (χ3v) is 6.58. The monoisotopic (exact) mass is 484 g/mol. The lowest BCUT2D eigenvalue weighted by atomic mass is 10.2. The number of nitrogens with zero attached hydrogens (tertiary/aromatic N) is 6. The molecule has 3 aromatic heterocycles. The van der Waals surface area contributed by atoms with Crippen molar-refractivity contribution < 1.29 is 4.79 Å². The van der Waals surface area contributed by atoms with E-state index in [4.69, 9.17) is 0 Å². The molecule has 30 heavy (non-hydrogen) atoms. The first-order valence-electron chi connectivity index (χ1n) is 9.46. The molecule has 1 amide bonds. The summed E-state index contributed by atoms with van der Waals surface area (Å²) in [6.45, 7) is 2.51. The minimum absolute atomic E-state index is 0.0173. The summed E-state index contributed by atoms with van der Waals surface area (Å²) in [5, 5.41) is 3.55. The van der Waals surface area contributed by atoms with Crippen molar-refractivity contribution in [2.75, 3.05) is 31.1 Å². The molecule has 152 valence electrons. The minimum atomic E-state index is -0.214. The van der Waals surface area contributed by atoms with E-state index in [1.54, 1.807) is 34.7 Å². The molecule has 5 rings (SSSR count). The van der Waals surface area contributed by atoms with Crippen molar-refractivity contribution >= 4 is 60.1 Å². The van der Waals surface area contributed by atoms with Gasteiger partial charge in [0, 0.05) is 30.7 Å². The van der Waals surface area contributed by atoms with Crippen molar-refractivity contribution in [2.45, 2.75) is 6.54 Å². The van der Waals surface area contributed by atoms with Crippen molar-refractivity contribution in [2.24, 2.45) is 0 Å². The van der Waals surface area contributed by atoms with Gasteiger partial charge in [-0.25, -0.2) is 15.0 Å². The highest BCUT2D eigenvalue weighted by Gasteiger charge is 2.24. The summed E-state index contributed by atoms with van der Waals surface area (Å²) in [6.07, 6.45) is 3.03. The number of carbonyl (C=O) groups excluding carboxylic acids is 1. The van der Waals surface area contributed by atoms with E-state index in [9.17, 15) is 9.59 Å². The fourth-order valence-corrected chi connectivity index (χ4v) is 4.77. The Morgan fingerprint density at radius 3 is 2.73 bits per heavy atom. The molecule has 0 N–H and O–H groups in total. The molecule has 8 nitrogen and oxygen atoms in total. The highest BCUT2D eigenvalue weighted by molar-refractivity contribution is 9.10. The Labute approximate surface area is 183 Å². The number of thiophene rings is 1. The number of halogens is 1. The second kappa shape index (κ2) is 7.77. The summed E-state index contributed by atoms with van der Waals surface area (Å²) >= 11 is 4.97. The lowest BCUT2D eigenvalue weighted by Crippen LogP contribution is -2.50. The van der Waals surface area contributed by atoms with Gasteiger partial charge in [0.05, 0.1) is 22.6 Å². The van der Waals surface area contributed by atoms with Gasteiger partial charge in [-0.1, -0.05) is 15.9 Å². The highest BCUT2D eigenvalue weighted by atomic mass is 79.9. The molecule has 0 radical (unpaired) electrons. The maximum atomic E-state index is 12.8. The van der Waals surface area contributed by atoms with Crippen LogP contribution < -0.4 is 10.5 Å². The van der Waals surface area contributed by atoms with Crippen LogP contribution in [0.3, 0.4) is 0 Å². The second-order valence-electron chi connectivity index (χ2n) is 7.04. The number of rotatable bonds is 3. The van der Waals surface area contributed by atoms with Gasteiger partial charge in [0.15, 0.2) is 0 Å². The summed E-state index contributed by atoms with van der Waals surface area (Å²) in [5.74, 6) is 0.824. The molecule has 0 saturated carbocycles. The quantitative estimate of drug-likeness (QED) is 0.444. The maximum absolute atomic E-state index is 12.8. The van der Waals surface area contributed by atoms with E-state index in [0.717, 1.165) is 20.5 Å². The number of fused-ring (bicyclic) bond motifs is 2. The normalized spacial score (nSPS) is 14.6. The molecule has 0 atom stereocenters. The van der Waals surface area contributed by atoms with Crippen LogP contribution in [-0.4, -0.2) is 56.5 Å². The molecule has 0 unspecified atom stereocenters. The average Bonchev–Trinajstić information content (AvgIpc) is 3.25.